The van der Waals surface area contributed by atoms with Crippen LogP contribution < -0.4 is 5.32 Å². The maximum absolute atomic E-state index is 11.6. The van der Waals surface area contributed by atoms with E-state index in [1.165, 1.54) is 0 Å². The van der Waals surface area contributed by atoms with E-state index in [0.717, 1.165) is 16.7 Å². The third-order valence-corrected chi connectivity index (χ3v) is 3.03. The second-order valence-corrected chi connectivity index (χ2v) is 4.80. The van der Waals surface area contributed by atoms with Gasteiger partial charge in [-0.05, 0) is 16.7 Å². The average molecular weight is 299 g/mol. The Morgan fingerprint density at radius 2 is 1.55 bits per heavy atom. The topological polar surface area (TPSA) is 75.6 Å². The molecule has 0 saturated heterocycles. The summed E-state index contributed by atoms with van der Waals surface area (Å²) in [4.78, 5) is 22.2. The van der Waals surface area contributed by atoms with Crippen LogP contribution in [0.1, 0.15) is 16.7 Å². The molecule has 0 heterocycles. The summed E-state index contributed by atoms with van der Waals surface area (Å²) >= 11 is 0. The molecule has 0 bridgehead atoms. The molecule has 0 fully saturated rings. The van der Waals surface area contributed by atoms with Gasteiger partial charge >= 0.3 is 12.1 Å². The summed E-state index contributed by atoms with van der Waals surface area (Å²) in [5, 5.41) is 11.3. The van der Waals surface area contributed by atoms with Gasteiger partial charge in [-0.3, -0.25) is 4.79 Å². The van der Waals surface area contributed by atoms with E-state index in [2.05, 4.69) is 5.32 Å². The minimum Gasteiger partial charge on any atom is -0.481 e. The number of hydrogen-bond acceptors (Lipinski definition) is 3. The van der Waals surface area contributed by atoms with Gasteiger partial charge in [-0.1, -0.05) is 54.6 Å². The quantitative estimate of drug-likeness (QED) is 0.860. The van der Waals surface area contributed by atoms with Gasteiger partial charge in [-0.25, -0.2) is 4.79 Å². The number of benzene rings is 2. The molecular formula is C17H17NO4. The molecule has 0 radical (unpaired) electrons. The monoisotopic (exact) mass is 299 g/mol. The van der Waals surface area contributed by atoms with E-state index in [1.54, 1.807) is 24.3 Å². The van der Waals surface area contributed by atoms with Crippen molar-refractivity contribution in [2.45, 2.75) is 19.6 Å². The molecule has 1 amide bonds. The van der Waals surface area contributed by atoms with Crippen molar-refractivity contribution in [2.24, 2.45) is 0 Å². The van der Waals surface area contributed by atoms with Crippen molar-refractivity contribution in [3.63, 3.8) is 0 Å². The smallest absolute Gasteiger partial charge is 0.407 e. The molecule has 2 rings (SSSR count). The van der Waals surface area contributed by atoms with Crippen molar-refractivity contribution < 1.29 is 19.4 Å². The number of carboxylic acid groups (broad SMARTS) is 1. The fourth-order valence-corrected chi connectivity index (χ4v) is 1.90. The molecule has 22 heavy (non-hydrogen) atoms. The van der Waals surface area contributed by atoms with Crippen molar-refractivity contribution in [1.29, 1.82) is 0 Å². The maximum Gasteiger partial charge on any atom is 0.407 e. The summed E-state index contributed by atoms with van der Waals surface area (Å²) in [7, 11) is 0. The first-order valence-electron chi connectivity index (χ1n) is 6.87. The number of rotatable bonds is 6. The lowest BCUT2D eigenvalue weighted by molar-refractivity contribution is -0.136. The van der Waals surface area contributed by atoms with E-state index < -0.39 is 12.1 Å². The summed E-state index contributed by atoms with van der Waals surface area (Å²) in [6.45, 7) is 0.561. The van der Waals surface area contributed by atoms with Crippen molar-refractivity contribution >= 4 is 12.1 Å². The number of amides is 1. The van der Waals surface area contributed by atoms with Gasteiger partial charge in [0, 0.05) is 6.54 Å². The van der Waals surface area contributed by atoms with Gasteiger partial charge in [0.05, 0.1) is 6.42 Å². The largest absolute Gasteiger partial charge is 0.481 e. The van der Waals surface area contributed by atoms with Gasteiger partial charge in [0.2, 0.25) is 0 Å². The Balaban J connectivity index is 1.75. The fourth-order valence-electron chi connectivity index (χ4n) is 1.90. The van der Waals surface area contributed by atoms with Crippen LogP contribution in [-0.2, 0) is 29.1 Å². The number of nitrogens with one attached hydrogen (secondary N) is 1. The first-order valence-corrected chi connectivity index (χ1v) is 6.87. The standard InChI is InChI=1S/C17H17NO4/c19-16(20)10-13-6-8-14(9-7-13)11-18-17(21)22-12-15-4-2-1-3-5-15/h1-9H,10-12H2,(H,18,21)(H,19,20). The van der Waals surface area contributed by atoms with E-state index in [-0.39, 0.29) is 13.0 Å². The van der Waals surface area contributed by atoms with E-state index in [4.69, 9.17) is 9.84 Å². The molecule has 5 heteroatoms. The number of ether oxygens (including phenoxy) is 1. The lowest BCUT2D eigenvalue weighted by atomic mass is 10.1. The van der Waals surface area contributed by atoms with Crippen LogP contribution in [0.25, 0.3) is 0 Å². The normalized spacial score (nSPS) is 10.0. The highest BCUT2D eigenvalue weighted by atomic mass is 16.5. The summed E-state index contributed by atoms with van der Waals surface area (Å²) < 4.78 is 5.10. The first-order chi connectivity index (χ1) is 10.6. The lowest BCUT2D eigenvalue weighted by Crippen LogP contribution is -2.23. The minimum atomic E-state index is -0.865. The van der Waals surface area contributed by atoms with Crippen molar-refractivity contribution in [2.75, 3.05) is 0 Å². The zero-order valence-corrected chi connectivity index (χ0v) is 12.0. The van der Waals surface area contributed by atoms with Crippen LogP contribution >= 0.6 is 0 Å². The molecule has 5 nitrogen and oxygen atoms in total. The highest BCUT2D eigenvalue weighted by Crippen LogP contribution is 2.06. The minimum absolute atomic E-state index is 0.00712. The van der Waals surface area contributed by atoms with Gasteiger partial charge in [-0.2, -0.15) is 0 Å². The zero-order chi connectivity index (χ0) is 15.8. The molecule has 0 aliphatic heterocycles. The summed E-state index contributed by atoms with van der Waals surface area (Å²) in [5.41, 5.74) is 2.53. The Labute approximate surface area is 128 Å². The molecule has 0 atom stereocenters. The number of carbonyl (C=O) groups is 2. The molecule has 2 aromatic carbocycles. The Kier molecular flexibility index (Phi) is 5.54. The van der Waals surface area contributed by atoms with Gasteiger partial charge < -0.3 is 15.2 Å². The molecule has 0 aliphatic carbocycles. The third kappa shape index (κ3) is 5.28. The van der Waals surface area contributed by atoms with Crippen molar-refractivity contribution in [3.05, 3.63) is 71.3 Å². The summed E-state index contributed by atoms with van der Waals surface area (Å²) in [5.74, 6) is -0.865. The number of carbonyl (C=O) groups excluding carboxylic acids is 1. The lowest BCUT2D eigenvalue weighted by Gasteiger charge is -2.07. The molecule has 0 spiro atoms. The van der Waals surface area contributed by atoms with Crippen LogP contribution in [-0.4, -0.2) is 17.2 Å². The predicted molar refractivity (Wildman–Crippen MR) is 81.2 cm³/mol. The molecule has 0 saturated carbocycles. The molecule has 2 aromatic rings. The Bertz CT molecular complexity index is 623. The van der Waals surface area contributed by atoms with E-state index in [1.807, 2.05) is 30.3 Å². The van der Waals surface area contributed by atoms with Crippen LogP contribution in [0, 0.1) is 0 Å². The van der Waals surface area contributed by atoms with Crippen LogP contribution in [0.2, 0.25) is 0 Å². The average Bonchev–Trinajstić information content (AvgIpc) is 2.53. The highest BCUT2D eigenvalue weighted by molar-refractivity contribution is 5.70. The van der Waals surface area contributed by atoms with Crippen LogP contribution in [0.4, 0.5) is 4.79 Å². The van der Waals surface area contributed by atoms with Crippen molar-refractivity contribution in [1.82, 2.24) is 5.32 Å². The van der Waals surface area contributed by atoms with Gasteiger partial charge in [0.15, 0.2) is 0 Å². The van der Waals surface area contributed by atoms with Gasteiger partial charge in [-0.15, -0.1) is 0 Å². The number of aliphatic carboxylic acids is 1. The Morgan fingerprint density at radius 3 is 2.18 bits per heavy atom. The van der Waals surface area contributed by atoms with E-state index in [9.17, 15) is 9.59 Å². The third-order valence-electron chi connectivity index (χ3n) is 3.03. The number of hydrogen-bond donors (Lipinski definition) is 2. The SMILES string of the molecule is O=C(O)Cc1ccc(CNC(=O)OCc2ccccc2)cc1. The van der Waals surface area contributed by atoms with Gasteiger partial charge in [0.1, 0.15) is 6.61 Å². The second-order valence-electron chi connectivity index (χ2n) is 4.80. The summed E-state index contributed by atoms with van der Waals surface area (Å²) in [6.07, 6.45) is -0.495. The maximum atomic E-state index is 11.6. The van der Waals surface area contributed by atoms with E-state index in [0.29, 0.717) is 6.54 Å². The van der Waals surface area contributed by atoms with Crippen LogP contribution in [0.15, 0.2) is 54.6 Å². The van der Waals surface area contributed by atoms with E-state index >= 15 is 0 Å². The van der Waals surface area contributed by atoms with Gasteiger partial charge in [0.25, 0.3) is 0 Å². The Hall–Kier alpha value is -2.82. The van der Waals surface area contributed by atoms with Crippen LogP contribution in [0.5, 0.6) is 0 Å². The Morgan fingerprint density at radius 1 is 0.909 bits per heavy atom. The molecule has 0 aliphatic rings. The predicted octanol–water partition coefficient (Wildman–Crippen LogP) is 2.74. The first kappa shape index (κ1) is 15.6. The molecule has 114 valence electrons. The fraction of sp³-hybridized carbons (Fsp3) is 0.176. The number of carboxylic acids is 1. The number of alkyl carbamates (subject to hydrolysis) is 1. The molecule has 2 N–H and O–H groups in total. The second kappa shape index (κ2) is 7.83. The molecule has 0 unspecified atom stereocenters. The molecule has 0 aromatic heterocycles. The van der Waals surface area contributed by atoms with Crippen LogP contribution in [0.3, 0.4) is 0 Å². The van der Waals surface area contributed by atoms with Crippen molar-refractivity contribution in [3.8, 4) is 0 Å². The summed E-state index contributed by atoms with van der Waals surface area (Å²) in [6, 6.07) is 16.5. The zero-order valence-electron chi connectivity index (χ0n) is 12.0. The highest BCUT2D eigenvalue weighted by Gasteiger charge is 2.04. The molecular weight excluding hydrogens is 282 g/mol.